The molecule has 0 aliphatic heterocycles. The van der Waals surface area contributed by atoms with Gasteiger partial charge in [-0.15, -0.1) is 0 Å². The van der Waals surface area contributed by atoms with Gasteiger partial charge in [-0.2, -0.15) is 25.3 Å². The Morgan fingerprint density at radius 2 is 1.62 bits per heavy atom. The number of rotatable bonds is 13. The Kier molecular flexibility index (Phi) is 12.9. The molecule has 12 heteroatoms. The average Bonchev–Trinajstić information content (AvgIpc) is 2.62. The summed E-state index contributed by atoms with van der Waals surface area (Å²) in [6.45, 7) is 0.0505. The van der Waals surface area contributed by atoms with Crippen molar-refractivity contribution in [3.63, 3.8) is 0 Å². The minimum Gasteiger partial charge on any atom is -0.480 e. The van der Waals surface area contributed by atoms with Crippen molar-refractivity contribution >= 4 is 48.9 Å². The summed E-state index contributed by atoms with van der Waals surface area (Å²) in [5.74, 6) is -2.95. The van der Waals surface area contributed by atoms with Gasteiger partial charge in [0.15, 0.2) is 0 Å². The van der Waals surface area contributed by atoms with Crippen molar-refractivity contribution in [1.29, 1.82) is 0 Å². The molecule has 0 aliphatic rings. The molecule has 3 amide bonds. The molecule has 0 fully saturated rings. The Labute approximate surface area is 163 Å². The summed E-state index contributed by atoms with van der Waals surface area (Å²) in [6, 6.07) is -2.97. The molecule has 0 spiro atoms. The van der Waals surface area contributed by atoms with Crippen LogP contribution >= 0.6 is 25.3 Å². The van der Waals surface area contributed by atoms with Crippen LogP contribution in [-0.4, -0.2) is 71.5 Å². The number of carboxylic acids is 1. The third-order valence-corrected chi connectivity index (χ3v) is 4.11. The van der Waals surface area contributed by atoms with E-state index in [2.05, 4.69) is 41.2 Å². The number of hydrogen-bond donors (Lipinski definition) is 8. The molecule has 0 saturated heterocycles. The van der Waals surface area contributed by atoms with Gasteiger partial charge in [0.1, 0.15) is 12.1 Å². The maximum Gasteiger partial charge on any atom is 0.326 e. The highest BCUT2D eigenvalue weighted by Gasteiger charge is 2.25. The highest BCUT2D eigenvalue weighted by atomic mass is 32.1. The minimum atomic E-state index is -1.17. The van der Waals surface area contributed by atoms with Gasteiger partial charge in [-0.25, -0.2) is 4.79 Å². The van der Waals surface area contributed by atoms with Gasteiger partial charge in [0.2, 0.25) is 17.7 Å². The smallest absolute Gasteiger partial charge is 0.326 e. The first kappa shape index (κ1) is 24.5. The maximum atomic E-state index is 12.2. The Bertz CT molecular complexity index is 494. The predicted octanol–water partition coefficient (Wildman–Crippen LogP) is -2.53. The molecular weight excluding hydrogens is 382 g/mol. The molecule has 0 saturated carbocycles. The summed E-state index contributed by atoms with van der Waals surface area (Å²) in [6.07, 6.45) is 1.41. The Hall–Kier alpha value is -1.50. The summed E-state index contributed by atoms with van der Waals surface area (Å²) in [5, 5.41) is 16.2. The van der Waals surface area contributed by atoms with E-state index in [1.165, 1.54) is 0 Å². The summed E-state index contributed by atoms with van der Waals surface area (Å²) in [5.41, 5.74) is 10.8. The van der Waals surface area contributed by atoms with E-state index in [0.717, 1.165) is 0 Å². The Morgan fingerprint density at radius 3 is 2.12 bits per heavy atom. The van der Waals surface area contributed by atoms with E-state index in [1.54, 1.807) is 0 Å². The van der Waals surface area contributed by atoms with Crippen molar-refractivity contribution < 1.29 is 24.3 Å². The zero-order valence-corrected chi connectivity index (χ0v) is 16.1. The molecule has 3 atom stereocenters. The molecule has 0 heterocycles. The number of carboxylic acid groups (broad SMARTS) is 1. The van der Waals surface area contributed by atoms with E-state index < -0.39 is 41.8 Å². The molecule has 0 aliphatic carbocycles. The van der Waals surface area contributed by atoms with Crippen molar-refractivity contribution in [3.05, 3.63) is 0 Å². The highest BCUT2D eigenvalue weighted by molar-refractivity contribution is 7.80. The third-order valence-electron chi connectivity index (χ3n) is 3.35. The normalized spacial score (nSPS) is 14.0. The highest BCUT2D eigenvalue weighted by Crippen LogP contribution is 2.02. The SMILES string of the molecule is NCCCCC(NC(=O)C(CS)NC(=O)CNC(=O)C(N)CS)C(=O)O. The standard InChI is InChI=1S/C14H27N5O5S2/c15-4-2-1-3-9(14(23)24)19-13(22)10(7-26)18-11(20)5-17-12(21)8(16)6-25/h8-10,25-26H,1-7,15-16H2,(H,17,21)(H,18,20)(H,19,22)(H,23,24). The molecule has 150 valence electrons. The van der Waals surface area contributed by atoms with E-state index >= 15 is 0 Å². The van der Waals surface area contributed by atoms with Crippen LogP contribution in [0.3, 0.4) is 0 Å². The number of amides is 3. The molecule has 0 radical (unpaired) electrons. The fourth-order valence-corrected chi connectivity index (χ4v) is 2.27. The van der Waals surface area contributed by atoms with Crippen LogP contribution in [-0.2, 0) is 19.2 Å². The quantitative estimate of drug-likeness (QED) is 0.122. The van der Waals surface area contributed by atoms with Crippen LogP contribution in [0.4, 0.5) is 0 Å². The van der Waals surface area contributed by atoms with Crippen LogP contribution in [0.25, 0.3) is 0 Å². The first-order valence-corrected chi connectivity index (χ1v) is 9.30. The molecule has 0 aromatic carbocycles. The topological polar surface area (TPSA) is 177 Å². The first-order chi connectivity index (χ1) is 12.3. The van der Waals surface area contributed by atoms with Crippen LogP contribution in [0, 0.1) is 0 Å². The molecule has 8 N–H and O–H groups in total. The number of unbranched alkanes of at least 4 members (excludes halogenated alkanes) is 1. The predicted molar refractivity (Wildman–Crippen MR) is 103 cm³/mol. The molecule has 3 unspecified atom stereocenters. The second-order valence-corrected chi connectivity index (χ2v) is 6.22. The molecule has 0 bridgehead atoms. The molecule has 0 aromatic heterocycles. The van der Waals surface area contributed by atoms with Gasteiger partial charge >= 0.3 is 5.97 Å². The fraction of sp³-hybridized carbons (Fsp3) is 0.714. The number of thiol groups is 2. The summed E-state index contributed by atoms with van der Waals surface area (Å²) >= 11 is 7.86. The van der Waals surface area contributed by atoms with Gasteiger partial charge in [-0.3, -0.25) is 14.4 Å². The van der Waals surface area contributed by atoms with Gasteiger partial charge in [0.05, 0.1) is 12.6 Å². The molecule has 0 rings (SSSR count). The van der Waals surface area contributed by atoms with Crippen LogP contribution < -0.4 is 27.4 Å². The zero-order chi connectivity index (χ0) is 20.1. The second kappa shape index (κ2) is 13.7. The van der Waals surface area contributed by atoms with E-state index in [9.17, 15) is 19.2 Å². The number of carbonyl (C=O) groups is 4. The van der Waals surface area contributed by atoms with Gasteiger partial charge in [0, 0.05) is 11.5 Å². The van der Waals surface area contributed by atoms with E-state index in [0.29, 0.717) is 19.4 Å². The van der Waals surface area contributed by atoms with Crippen molar-refractivity contribution in [3.8, 4) is 0 Å². The molecule has 0 aromatic rings. The van der Waals surface area contributed by atoms with E-state index in [1.807, 2.05) is 0 Å². The van der Waals surface area contributed by atoms with Crippen molar-refractivity contribution in [2.75, 3.05) is 24.6 Å². The lowest BCUT2D eigenvalue weighted by Crippen LogP contribution is -2.54. The lowest BCUT2D eigenvalue weighted by atomic mass is 10.1. The van der Waals surface area contributed by atoms with Gasteiger partial charge < -0.3 is 32.5 Å². The number of nitrogens with one attached hydrogen (secondary N) is 3. The largest absolute Gasteiger partial charge is 0.480 e. The minimum absolute atomic E-state index is 0.0448. The summed E-state index contributed by atoms with van der Waals surface area (Å²) in [7, 11) is 0. The average molecular weight is 410 g/mol. The molecule has 10 nitrogen and oxygen atoms in total. The first-order valence-electron chi connectivity index (χ1n) is 8.04. The van der Waals surface area contributed by atoms with Gasteiger partial charge in [-0.1, -0.05) is 0 Å². The monoisotopic (exact) mass is 409 g/mol. The molecular formula is C14H27N5O5S2. The summed E-state index contributed by atoms with van der Waals surface area (Å²) in [4.78, 5) is 46.7. The van der Waals surface area contributed by atoms with Crippen LogP contribution in [0.2, 0.25) is 0 Å². The lowest BCUT2D eigenvalue weighted by Gasteiger charge is -2.20. The van der Waals surface area contributed by atoms with Crippen molar-refractivity contribution in [1.82, 2.24) is 16.0 Å². The van der Waals surface area contributed by atoms with Gasteiger partial charge in [0.25, 0.3) is 0 Å². The fourth-order valence-electron chi connectivity index (χ4n) is 1.84. The number of carbonyl (C=O) groups excluding carboxylic acids is 3. The third kappa shape index (κ3) is 9.85. The maximum absolute atomic E-state index is 12.2. The van der Waals surface area contributed by atoms with E-state index in [4.69, 9.17) is 16.6 Å². The van der Waals surface area contributed by atoms with Crippen LogP contribution in [0.15, 0.2) is 0 Å². The molecule has 26 heavy (non-hydrogen) atoms. The van der Waals surface area contributed by atoms with Crippen LogP contribution in [0.1, 0.15) is 19.3 Å². The zero-order valence-electron chi connectivity index (χ0n) is 14.3. The van der Waals surface area contributed by atoms with Gasteiger partial charge in [-0.05, 0) is 25.8 Å². The number of aliphatic carboxylic acids is 1. The van der Waals surface area contributed by atoms with Crippen molar-refractivity contribution in [2.45, 2.75) is 37.4 Å². The van der Waals surface area contributed by atoms with E-state index in [-0.39, 0.29) is 24.5 Å². The summed E-state index contributed by atoms with van der Waals surface area (Å²) < 4.78 is 0. The number of nitrogens with two attached hydrogens (primary N) is 2. The Morgan fingerprint density at radius 1 is 0.962 bits per heavy atom. The number of hydrogen-bond acceptors (Lipinski definition) is 8. The van der Waals surface area contributed by atoms with Crippen LogP contribution in [0.5, 0.6) is 0 Å². The Balaban J connectivity index is 4.55. The van der Waals surface area contributed by atoms with Crippen molar-refractivity contribution in [2.24, 2.45) is 11.5 Å². The lowest BCUT2D eigenvalue weighted by molar-refractivity contribution is -0.142. The second-order valence-electron chi connectivity index (χ2n) is 5.49.